The summed E-state index contributed by atoms with van der Waals surface area (Å²) in [6, 6.07) is 19.1. The van der Waals surface area contributed by atoms with Crippen LogP contribution < -0.4 is 14.2 Å². The van der Waals surface area contributed by atoms with Crippen LogP contribution >= 0.6 is 23.2 Å². The lowest BCUT2D eigenvalue weighted by Gasteiger charge is -2.38. The van der Waals surface area contributed by atoms with Crippen LogP contribution in [0.5, 0.6) is 17.2 Å². The van der Waals surface area contributed by atoms with E-state index < -0.39 is 40.4 Å². The van der Waals surface area contributed by atoms with E-state index in [2.05, 4.69) is 4.84 Å². The molecule has 4 aromatic carbocycles. The minimum Gasteiger partial charge on any atom is -0.488 e. The van der Waals surface area contributed by atoms with Gasteiger partial charge in [0.1, 0.15) is 23.9 Å². The van der Waals surface area contributed by atoms with Crippen LogP contribution in [0.25, 0.3) is 0 Å². The first kappa shape index (κ1) is 39.8. The molecule has 2 amide bonds. The van der Waals surface area contributed by atoms with Gasteiger partial charge in [0.15, 0.2) is 17.4 Å². The molecule has 11 nitrogen and oxygen atoms in total. The third kappa shape index (κ3) is 9.23. The highest BCUT2D eigenvalue weighted by atomic mass is 35.5. The van der Waals surface area contributed by atoms with Crippen LogP contribution in [0.2, 0.25) is 10.0 Å². The van der Waals surface area contributed by atoms with E-state index in [-0.39, 0.29) is 49.9 Å². The van der Waals surface area contributed by atoms with E-state index >= 15 is 0 Å². The van der Waals surface area contributed by atoms with Gasteiger partial charge in [-0.3, -0.25) is 9.69 Å². The van der Waals surface area contributed by atoms with Gasteiger partial charge >= 0.3 is 6.09 Å². The van der Waals surface area contributed by atoms with Gasteiger partial charge in [0.25, 0.3) is 11.0 Å². The number of fused-ring (bicyclic) bond motifs is 2. The number of nitrogens with zero attached hydrogens (tertiary/aromatic N) is 3. The fourth-order valence-electron chi connectivity index (χ4n) is 7.21. The summed E-state index contributed by atoms with van der Waals surface area (Å²) in [5.74, 6) is -3.56. The Morgan fingerprint density at radius 3 is 2.40 bits per heavy atom. The molecule has 298 valence electrons. The van der Waals surface area contributed by atoms with Crippen molar-refractivity contribution in [3.8, 4) is 17.2 Å². The van der Waals surface area contributed by atoms with Crippen LogP contribution in [0.3, 0.4) is 0 Å². The summed E-state index contributed by atoms with van der Waals surface area (Å²) in [5, 5.41) is 10.5. The lowest BCUT2D eigenvalue weighted by Crippen LogP contribution is -2.50. The van der Waals surface area contributed by atoms with Crippen LogP contribution in [0.4, 0.5) is 18.0 Å². The van der Waals surface area contributed by atoms with Gasteiger partial charge in [0, 0.05) is 25.0 Å². The number of aryl methyl sites for hydroxylation is 1. The number of amides is 2. The number of ether oxygens (including phenoxy) is 3. The van der Waals surface area contributed by atoms with Crippen molar-refractivity contribution in [3.05, 3.63) is 144 Å². The molecule has 2 fully saturated rings. The third-order valence-corrected chi connectivity index (χ3v) is 10.9. The quantitative estimate of drug-likeness (QED) is 0.0504. The maximum Gasteiger partial charge on any atom is 0.416 e. The highest BCUT2D eigenvalue weighted by molar-refractivity contribution is 6.42. The Kier molecular flexibility index (Phi) is 12.1. The van der Waals surface area contributed by atoms with Crippen LogP contribution in [0.15, 0.2) is 90.2 Å². The second-order valence-electron chi connectivity index (χ2n) is 14.0. The van der Waals surface area contributed by atoms with Crippen LogP contribution in [0.1, 0.15) is 55.2 Å². The van der Waals surface area contributed by atoms with Crippen LogP contribution in [-0.2, 0) is 29.2 Å². The Balaban J connectivity index is 1.11. The number of hydrogen-bond donors (Lipinski definition) is 0. The van der Waals surface area contributed by atoms with E-state index in [4.69, 9.17) is 37.4 Å². The summed E-state index contributed by atoms with van der Waals surface area (Å²) >= 11 is 12.9. The van der Waals surface area contributed by atoms with E-state index in [9.17, 15) is 32.9 Å². The van der Waals surface area contributed by atoms with E-state index in [1.54, 1.807) is 52.3 Å². The summed E-state index contributed by atoms with van der Waals surface area (Å²) in [6.07, 6.45) is 3.07. The van der Waals surface area contributed by atoms with Gasteiger partial charge in [-0.1, -0.05) is 59.6 Å². The molecule has 57 heavy (non-hydrogen) atoms. The zero-order valence-corrected chi connectivity index (χ0v) is 31.8. The molecule has 16 heteroatoms. The molecule has 2 atom stereocenters. The Morgan fingerprint density at radius 1 is 0.895 bits per heavy atom. The predicted octanol–water partition coefficient (Wildman–Crippen LogP) is 9.39. The average Bonchev–Trinajstić information content (AvgIpc) is 3.99. The summed E-state index contributed by atoms with van der Waals surface area (Å²) in [5.41, 5.74) is 2.31. The van der Waals surface area contributed by atoms with Crippen LogP contribution in [0, 0.1) is 27.6 Å². The van der Waals surface area contributed by atoms with E-state index in [0.717, 1.165) is 24.5 Å². The maximum absolute atomic E-state index is 14.8. The summed E-state index contributed by atoms with van der Waals surface area (Å²) < 4.78 is 58.9. The predicted molar refractivity (Wildman–Crippen MR) is 202 cm³/mol. The minimum absolute atomic E-state index is 0.0467. The number of carbonyl (C=O) groups excluding carboxylic acids is 2. The summed E-state index contributed by atoms with van der Waals surface area (Å²) in [6.45, 7) is -0.178. The monoisotopic (exact) mass is 825 g/mol. The molecule has 1 saturated heterocycles. The minimum atomic E-state index is -1.37. The molecule has 0 radical (unpaired) electrons. The molecule has 1 aliphatic carbocycles. The van der Waals surface area contributed by atoms with Crippen molar-refractivity contribution in [2.75, 3.05) is 6.61 Å². The van der Waals surface area contributed by atoms with Gasteiger partial charge < -0.3 is 23.9 Å². The van der Waals surface area contributed by atoms with Gasteiger partial charge in [-0.15, -0.1) is 10.1 Å². The third-order valence-electron chi connectivity index (χ3n) is 10.1. The Hall–Kier alpha value is -5.47. The molecule has 0 N–H and O–H groups in total. The van der Waals surface area contributed by atoms with E-state index in [1.807, 2.05) is 18.2 Å². The Labute approximate surface area is 335 Å². The van der Waals surface area contributed by atoms with Crippen molar-refractivity contribution >= 4 is 35.2 Å². The lowest BCUT2D eigenvalue weighted by atomic mass is 9.97. The molecule has 0 aromatic heterocycles. The van der Waals surface area contributed by atoms with Gasteiger partial charge in [0.05, 0.1) is 28.3 Å². The van der Waals surface area contributed by atoms with Gasteiger partial charge in [-0.2, -0.15) is 4.39 Å². The molecule has 7 rings (SSSR count). The molecule has 4 aromatic rings. The number of hydrogen-bond acceptors (Lipinski definition) is 8. The first-order chi connectivity index (χ1) is 27.5. The molecule has 0 spiro atoms. The van der Waals surface area contributed by atoms with Crippen molar-refractivity contribution in [1.82, 2.24) is 9.80 Å². The molecule has 3 aliphatic rings. The number of carbonyl (C=O) groups is 2. The molecule has 2 aliphatic heterocycles. The highest BCUT2D eigenvalue weighted by Gasteiger charge is 2.50. The molecular formula is C41H36Cl2F3N3O8. The normalized spacial score (nSPS) is 17.3. The maximum atomic E-state index is 14.8. The molecular weight excluding hydrogens is 790 g/mol. The topological polar surface area (TPSA) is 121 Å². The number of benzene rings is 4. The largest absolute Gasteiger partial charge is 0.488 e. The summed E-state index contributed by atoms with van der Waals surface area (Å²) in [4.78, 5) is 47.2. The standard InChI is InChI=1S/C41H36Cl2F3N3O8/c42-31-8-2-6-26(37(31)43)22-47(27-11-12-27)40(50)36-34-18-13-28(48(34)41(51)57-30-7-1-4-25(20-30)23-55-49(52)53)21-35(36)56-29-14-9-24(10-15-29)5-3-19-54-39-33(45)17-16-32(44)38(39)46/h1-2,4,6-10,14-17,20,27-28,34H,3,5,11-13,18-19,21-23H2. The van der Waals surface area contributed by atoms with Crippen molar-refractivity contribution in [3.63, 3.8) is 0 Å². The summed E-state index contributed by atoms with van der Waals surface area (Å²) in [7, 11) is 0. The molecule has 1 saturated carbocycles. The molecule has 2 heterocycles. The highest BCUT2D eigenvalue weighted by Crippen LogP contribution is 2.43. The second-order valence-corrected chi connectivity index (χ2v) is 14.7. The molecule has 2 unspecified atom stereocenters. The van der Waals surface area contributed by atoms with Crippen molar-refractivity contribution in [2.45, 2.75) is 76.2 Å². The Bertz CT molecular complexity index is 2200. The zero-order valence-electron chi connectivity index (χ0n) is 30.3. The average molecular weight is 827 g/mol. The van der Waals surface area contributed by atoms with Crippen LogP contribution in [-0.4, -0.2) is 51.6 Å². The van der Waals surface area contributed by atoms with E-state index in [1.165, 1.54) is 6.07 Å². The van der Waals surface area contributed by atoms with Gasteiger partial charge in [-0.05, 0) is 97.7 Å². The van der Waals surface area contributed by atoms with E-state index in [0.29, 0.717) is 70.0 Å². The van der Waals surface area contributed by atoms with Gasteiger partial charge in [0.2, 0.25) is 5.82 Å². The number of halogens is 5. The molecule has 2 bridgehead atoms. The van der Waals surface area contributed by atoms with Crippen molar-refractivity contribution < 1.29 is 46.9 Å². The lowest BCUT2D eigenvalue weighted by molar-refractivity contribution is -0.763. The first-order valence-corrected chi connectivity index (χ1v) is 19.1. The number of rotatable bonds is 15. The smallest absolute Gasteiger partial charge is 0.416 e. The van der Waals surface area contributed by atoms with Crippen molar-refractivity contribution in [2.24, 2.45) is 0 Å². The zero-order chi connectivity index (χ0) is 40.2. The first-order valence-electron chi connectivity index (χ1n) is 18.3. The van der Waals surface area contributed by atoms with Gasteiger partial charge in [-0.25, -0.2) is 13.6 Å². The fourth-order valence-corrected chi connectivity index (χ4v) is 7.59. The SMILES string of the molecule is O=C(C1=C(Oc2ccc(CCCOc3c(F)ccc(F)c3F)cc2)CC2CCC1N2C(=O)Oc1cccc(CO[N+](=O)[O-])c1)N(Cc1cccc(Cl)c1Cl)C1CC1. The fraction of sp³-hybridized carbons (Fsp3) is 0.317. The second kappa shape index (κ2) is 17.3. The Morgan fingerprint density at radius 2 is 1.65 bits per heavy atom. The van der Waals surface area contributed by atoms with Crippen molar-refractivity contribution in [1.29, 1.82) is 0 Å².